The highest BCUT2D eigenvalue weighted by molar-refractivity contribution is 7.92. The number of carbonyl (C=O) groups excluding carboxylic acids is 2. The van der Waals surface area contributed by atoms with E-state index in [-0.39, 0.29) is 23.4 Å². The van der Waals surface area contributed by atoms with Crippen LogP contribution in [-0.4, -0.2) is 43.8 Å². The van der Waals surface area contributed by atoms with Crippen molar-refractivity contribution in [2.45, 2.75) is 69.5 Å². The van der Waals surface area contributed by atoms with Crippen LogP contribution in [0.2, 0.25) is 10.0 Å². The van der Waals surface area contributed by atoms with Gasteiger partial charge in [0.05, 0.1) is 10.6 Å². The first-order chi connectivity index (χ1) is 19.6. The first-order valence-corrected chi connectivity index (χ1v) is 15.9. The molecule has 1 atom stereocenters. The Labute approximate surface area is 252 Å². The number of hydrogen-bond donors (Lipinski definition) is 1. The minimum atomic E-state index is -4.11. The maximum Gasteiger partial charge on any atom is 0.264 e. The molecular weight excluding hydrogens is 581 g/mol. The van der Waals surface area contributed by atoms with E-state index < -0.39 is 28.5 Å². The summed E-state index contributed by atoms with van der Waals surface area (Å²) in [6.45, 7) is 3.00. The van der Waals surface area contributed by atoms with Gasteiger partial charge in [-0.3, -0.25) is 13.9 Å². The summed E-state index contributed by atoms with van der Waals surface area (Å²) >= 11 is 12.6. The van der Waals surface area contributed by atoms with Gasteiger partial charge in [-0.2, -0.15) is 0 Å². The summed E-state index contributed by atoms with van der Waals surface area (Å²) in [4.78, 5) is 28.9. The van der Waals surface area contributed by atoms with Crippen LogP contribution in [-0.2, 0) is 26.2 Å². The molecule has 1 N–H and O–H groups in total. The minimum absolute atomic E-state index is 0.00112. The number of amides is 2. The number of rotatable bonds is 10. The molecule has 10 heteroatoms. The van der Waals surface area contributed by atoms with Crippen molar-refractivity contribution in [2.75, 3.05) is 10.8 Å². The second-order valence-electron chi connectivity index (χ2n) is 10.4. The highest BCUT2D eigenvalue weighted by atomic mass is 35.5. The third kappa shape index (κ3) is 7.82. The van der Waals surface area contributed by atoms with E-state index in [1.165, 1.54) is 17.0 Å². The van der Waals surface area contributed by atoms with Crippen LogP contribution in [0.15, 0.2) is 77.7 Å². The summed E-state index contributed by atoms with van der Waals surface area (Å²) in [5.74, 6) is -0.827. The number of sulfonamides is 1. The molecule has 1 saturated carbocycles. The Bertz CT molecular complexity index is 1480. The summed E-state index contributed by atoms with van der Waals surface area (Å²) in [6.07, 6.45) is 5.03. The average Bonchev–Trinajstić information content (AvgIpc) is 2.96. The second-order valence-corrected chi connectivity index (χ2v) is 13.1. The van der Waals surface area contributed by atoms with Crippen LogP contribution >= 0.6 is 23.2 Å². The van der Waals surface area contributed by atoms with Gasteiger partial charge in [0.2, 0.25) is 11.8 Å². The molecule has 2 amide bonds. The van der Waals surface area contributed by atoms with Crippen molar-refractivity contribution in [3.63, 3.8) is 0 Å². The molecule has 0 aliphatic heterocycles. The van der Waals surface area contributed by atoms with E-state index >= 15 is 0 Å². The van der Waals surface area contributed by atoms with Crippen molar-refractivity contribution in [3.05, 3.63) is 94.0 Å². The summed E-state index contributed by atoms with van der Waals surface area (Å²) in [7, 11) is -4.11. The molecule has 0 unspecified atom stereocenters. The van der Waals surface area contributed by atoms with Crippen LogP contribution in [0.1, 0.15) is 50.2 Å². The van der Waals surface area contributed by atoms with Crippen molar-refractivity contribution in [1.82, 2.24) is 10.2 Å². The van der Waals surface area contributed by atoms with Gasteiger partial charge < -0.3 is 10.2 Å². The minimum Gasteiger partial charge on any atom is -0.352 e. The normalized spacial score (nSPS) is 14.7. The van der Waals surface area contributed by atoms with E-state index in [0.717, 1.165) is 42.0 Å². The highest BCUT2D eigenvalue weighted by Crippen LogP contribution is 2.27. The van der Waals surface area contributed by atoms with E-state index in [9.17, 15) is 18.0 Å². The van der Waals surface area contributed by atoms with Gasteiger partial charge in [0.1, 0.15) is 12.6 Å². The first kappa shape index (κ1) is 30.9. The molecule has 0 spiro atoms. The van der Waals surface area contributed by atoms with Gasteiger partial charge in [0, 0.05) is 22.6 Å². The lowest BCUT2D eigenvalue weighted by Gasteiger charge is -2.33. The zero-order valence-corrected chi connectivity index (χ0v) is 25.6. The number of anilines is 1. The average molecular weight is 617 g/mol. The fraction of sp³-hybridized carbons (Fsp3) is 0.355. The lowest BCUT2D eigenvalue weighted by molar-refractivity contribution is -0.139. The zero-order chi connectivity index (χ0) is 29.6. The van der Waals surface area contributed by atoms with Gasteiger partial charge in [0.25, 0.3) is 10.0 Å². The molecule has 1 aliphatic rings. The first-order valence-electron chi connectivity index (χ1n) is 13.7. The van der Waals surface area contributed by atoms with Gasteiger partial charge >= 0.3 is 0 Å². The summed E-state index contributed by atoms with van der Waals surface area (Å²) in [6, 6.07) is 19.1. The fourth-order valence-corrected chi connectivity index (χ4v) is 6.91. The molecule has 1 aliphatic carbocycles. The smallest absolute Gasteiger partial charge is 0.264 e. The number of halogens is 2. The molecule has 0 aromatic heterocycles. The van der Waals surface area contributed by atoms with Crippen LogP contribution < -0.4 is 9.62 Å². The Morgan fingerprint density at radius 2 is 1.66 bits per heavy atom. The van der Waals surface area contributed by atoms with Crippen molar-refractivity contribution in [2.24, 2.45) is 0 Å². The Morgan fingerprint density at radius 1 is 0.951 bits per heavy atom. The van der Waals surface area contributed by atoms with E-state index in [0.29, 0.717) is 21.3 Å². The molecule has 3 aromatic carbocycles. The molecule has 0 heterocycles. The molecule has 0 radical (unpaired) electrons. The Balaban J connectivity index is 1.69. The zero-order valence-electron chi connectivity index (χ0n) is 23.2. The van der Waals surface area contributed by atoms with Gasteiger partial charge in [-0.1, -0.05) is 78.9 Å². The van der Waals surface area contributed by atoms with E-state index in [1.54, 1.807) is 61.5 Å². The molecule has 0 saturated heterocycles. The Morgan fingerprint density at radius 3 is 2.32 bits per heavy atom. The number of carbonyl (C=O) groups is 2. The Hall–Kier alpha value is -3.07. The number of hydrogen-bond acceptors (Lipinski definition) is 4. The maximum absolute atomic E-state index is 14.1. The Kier molecular flexibility index (Phi) is 10.3. The number of nitrogens with zero attached hydrogens (tertiary/aromatic N) is 2. The van der Waals surface area contributed by atoms with Crippen molar-refractivity contribution in [3.8, 4) is 0 Å². The van der Waals surface area contributed by atoms with Crippen LogP contribution in [0.4, 0.5) is 5.69 Å². The quantitative estimate of drug-likeness (QED) is 0.287. The standard InChI is InChI=1S/C31H35Cl2N3O4S/c1-22-10-9-13-27(18-22)36(41(39,40)28-14-7-4-8-15-28)21-30(37)35(20-24-16-17-25(32)19-29(24)33)23(2)31(38)34-26-11-5-3-6-12-26/h4,7-10,13-19,23,26H,3,5-6,11-12,20-21H2,1-2H3,(H,34,38)/t23-/m1/s1. The summed E-state index contributed by atoms with van der Waals surface area (Å²) < 4.78 is 28.8. The largest absolute Gasteiger partial charge is 0.352 e. The molecule has 1 fully saturated rings. The molecule has 218 valence electrons. The lowest BCUT2D eigenvalue weighted by Crippen LogP contribution is -2.53. The fourth-order valence-electron chi connectivity index (χ4n) is 5.02. The SMILES string of the molecule is Cc1cccc(N(CC(=O)N(Cc2ccc(Cl)cc2Cl)[C@H](C)C(=O)NC2CCCCC2)S(=O)(=O)c2ccccc2)c1. The van der Waals surface area contributed by atoms with Gasteiger partial charge in [-0.15, -0.1) is 0 Å². The topological polar surface area (TPSA) is 86.8 Å². The molecular formula is C31H35Cl2N3O4S. The highest BCUT2D eigenvalue weighted by Gasteiger charge is 2.33. The van der Waals surface area contributed by atoms with Crippen molar-refractivity contribution in [1.29, 1.82) is 0 Å². The molecule has 3 aromatic rings. The predicted octanol–water partition coefficient (Wildman–Crippen LogP) is 6.36. The molecule has 7 nitrogen and oxygen atoms in total. The van der Waals surface area contributed by atoms with Crippen molar-refractivity contribution < 1.29 is 18.0 Å². The number of aryl methyl sites for hydroxylation is 1. The predicted molar refractivity (Wildman–Crippen MR) is 164 cm³/mol. The van der Waals surface area contributed by atoms with Gasteiger partial charge in [0.15, 0.2) is 0 Å². The van der Waals surface area contributed by atoms with Crippen LogP contribution in [0, 0.1) is 6.92 Å². The number of benzene rings is 3. The maximum atomic E-state index is 14.1. The molecule has 41 heavy (non-hydrogen) atoms. The molecule has 4 rings (SSSR count). The third-order valence-corrected chi connectivity index (χ3v) is 9.75. The van der Waals surface area contributed by atoms with Gasteiger partial charge in [-0.05, 0) is 74.2 Å². The van der Waals surface area contributed by atoms with Gasteiger partial charge in [-0.25, -0.2) is 8.42 Å². The second kappa shape index (κ2) is 13.7. The van der Waals surface area contributed by atoms with Crippen LogP contribution in [0.3, 0.4) is 0 Å². The van der Waals surface area contributed by atoms with Crippen LogP contribution in [0.5, 0.6) is 0 Å². The van der Waals surface area contributed by atoms with Crippen molar-refractivity contribution >= 4 is 50.7 Å². The van der Waals surface area contributed by atoms with E-state index in [2.05, 4.69) is 5.32 Å². The summed E-state index contributed by atoms with van der Waals surface area (Å²) in [5, 5.41) is 3.89. The third-order valence-electron chi connectivity index (χ3n) is 7.37. The van der Waals surface area contributed by atoms with E-state index in [1.807, 2.05) is 13.0 Å². The van der Waals surface area contributed by atoms with E-state index in [4.69, 9.17) is 23.2 Å². The van der Waals surface area contributed by atoms with Crippen LogP contribution in [0.25, 0.3) is 0 Å². The lowest BCUT2D eigenvalue weighted by atomic mass is 9.95. The summed E-state index contributed by atoms with van der Waals surface area (Å²) in [5.41, 5.74) is 1.79. The molecule has 0 bridgehead atoms. The number of nitrogens with one attached hydrogen (secondary N) is 1. The monoisotopic (exact) mass is 615 g/mol.